The molecule has 1 nitrogen and oxygen atoms in total. The minimum absolute atomic E-state index is 0.258. The van der Waals surface area contributed by atoms with Crippen molar-refractivity contribution in [3.63, 3.8) is 0 Å². The van der Waals surface area contributed by atoms with Crippen molar-refractivity contribution in [3.05, 3.63) is 69.2 Å². The van der Waals surface area contributed by atoms with E-state index in [9.17, 15) is 8.78 Å². The SMILES string of the molecule is CNC(Cc1ccc(Br)cc1F)c1ccc(C)cc1F. The largest absolute Gasteiger partial charge is 0.313 e. The summed E-state index contributed by atoms with van der Waals surface area (Å²) in [7, 11) is 1.75. The van der Waals surface area contributed by atoms with Crippen LogP contribution in [0.2, 0.25) is 0 Å². The molecule has 1 unspecified atom stereocenters. The smallest absolute Gasteiger partial charge is 0.128 e. The highest BCUT2D eigenvalue weighted by atomic mass is 79.9. The molecule has 20 heavy (non-hydrogen) atoms. The van der Waals surface area contributed by atoms with E-state index >= 15 is 0 Å². The van der Waals surface area contributed by atoms with E-state index in [1.165, 1.54) is 12.1 Å². The first-order valence-electron chi connectivity index (χ1n) is 6.38. The van der Waals surface area contributed by atoms with Gasteiger partial charge in [0.15, 0.2) is 0 Å². The van der Waals surface area contributed by atoms with Crippen LogP contribution in [-0.2, 0) is 6.42 Å². The highest BCUT2D eigenvalue weighted by Crippen LogP contribution is 2.24. The molecule has 2 aromatic carbocycles. The van der Waals surface area contributed by atoms with Crippen molar-refractivity contribution in [2.45, 2.75) is 19.4 Å². The van der Waals surface area contributed by atoms with Gasteiger partial charge in [0.2, 0.25) is 0 Å². The van der Waals surface area contributed by atoms with Crippen LogP contribution in [0.25, 0.3) is 0 Å². The molecule has 0 heterocycles. The Kier molecular flexibility index (Phi) is 4.89. The number of nitrogens with one attached hydrogen (secondary N) is 1. The van der Waals surface area contributed by atoms with Gasteiger partial charge in [-0.2, -0.15) is 0 Å². The molecule has 0 amide bonds. The molecule has 0 bridgehead atoms. The molecule has 0 saturated heterocycles. The highest BCUT2D eigenvalue weighted by molar-refractivity contribution is 9.10. The third-order valence-corrected chi connectivity index (χ3v) is 3.81. The normalized spacial score (nSPS) is 12.4. The summed E-state index contributed by atoms with van der Waals surface area (Å²) in [5.74, 6) is -0.547. The average Bonchev–Trinajstić information content (AvgIpc) is 2.39. The average molecular weight is 340 g/mol. The van der Waals surface area contributed by atoms with Gasteiger partial charge in [0.05, 0.1) is 0 Å². The first-order chi connectivity index (χ1) is 9.51. The lowest BCUT2D eigenvalue weighted by Gasteiger charge is -2.18. The zero-order valence-electron chi connectivity index (χ0n) is 11.4. The van der Waals surface area contributed by atoms with Crippen LogP contribution < -0.4 is 5.32 Å². The lowest BCUT2D eigenvalue weighted by molar-refractivity contribution is 0.519. The molecular formula is C16H16BrF2N. The summed E-state index contributed by atoms with van der Waals surface area (Å²) in [4.78, 5) is 0. The van der Waals surface area contributed by atoms with Crippen molar-refractivity contribution in [2.75, 3.05) is 7.05 Å². The van der Waals surface area contributed by atoms with E-state index in [2.05, 4.69) is 21.2 Å². The van der Waals surface area contributed by atoms with Gasteiger partial charge < -0.3 is 5.32 Å². The van der Waals surface area contributed by atoms with Crippen molar-refractivity contribution in [3.8, 4) is 0 Å². The van der Waals surface area contributed by atoms with Crippen LogP contribution >= 0.6 is 15.9 Å². The predicted molar refractivity (Wildman–Crippen MR) is 80.7 cm³/mol. The Balaban J connectivity index is 2.28. The van der Waals surface area contributed by atoms with E-state index in [0.29, 0.717) is 22.0 Å². The second kappa shape index (κ2) is 6.46. The number of hydrogen-bond acceptors (Lipinski definition) is 1. The maximum Gasteiger partial charge on any atom is 0.128 e. The summed E-state index contributed by atoms with van der Waals surface area (Å²) in [6.45, 7) is 1.84. The Morgan fingerprint density at radius 1 is 1.10 bits per heavy atom. The summed E-state index contributed by atoms with van der Waals surface area (Å²) >= 11 is 3.23. The van der Waals surface area contributed by atoms with Crippen LogP contribution in [0.4, 0.5) is 8.78 Å². The molecule has 1 atom stereocenters. The van der Waals surface area contributed by atoms with Crippen LogP contribution in [0.1, 0.15) is 22.7 Å². The number of aryl methyl sites for hydroxylation is 1. The summed E-state index contributed by atoms with van der Waals surface area (Å²) in [5.41, 5.74) is 1.99. The molecular weight excluding hydrogens is 324 g/mol. The van der Waals surface area contributed by atoms with Crippen LogP contribution in [0.3, 0.4) is 0 Å². The minimum atomic E-state index is -0.285. The van der Waals surface area contributed by atoms with E-state index in [1.54, 1.807) is 25.2 Å². The summed E-state index contributed by atoms with van der Waals surface area (Å²) in [6, 6.07) is 9.78. The third kappa shape index (κ3) is 3.44. The molecule has 0 aliphatic heterocycles. The van der Waals surface area contributed by atoms with E-state index < -0.39 is 0 Å². The minimum Gasteiger partial charge on any atom is -0.313 e. The first-order valence-corrected chi connectivity index (χ1v) is 7.18. The molecule has 0 fully saturated rings. The summed E-state index contributed by atoms with van der Waals surface area (Å²) in [6.07, 6.45) is 0.398. The molecule has 106 valence electrons. The van der Waals surface area contributed by atoms with Gasteiger partial charge in [0.25, 0.3) is 0 Å². The van der Waals surface area contributed by atoms with Crippen molar-refractivity contribution in [1.82, 2.24) is 5.32 Å². The van der Waals surface area contributed by atoms with Crippen molar-refractivity contribution < 1.29 is 8.78 Å². The number of likely N-dealkylation sites (N-methyl/N-ethyl adjacent to an activating group) is 1. The fourth-order valence-corrected chi connectivity index (χ4v) is 2.52. The van der Waals surface area contributed by atoms with E-state index in [-0.39, 0.29) is 17.7 Å². The van der Waals surface area contributed by atoms with Gasteiger partial charge in [-0.1, -0.05) is 34.1 Å². The van der Waals surface area contributed by atoms with Gasteiger partial charge in [0, 0.05) is 16.1 Å². The van der Waals surface area contributed by atoms with Crippen LogP contribution in [-0.4, -0.2) is 7.05 Å². The third-order valence-electron chi connectivity index (χ3n) is 3.32. The zero-order valence-corrected chi connectivity index (χ0v) is 13.0. The number of hydrogen-bond donors (Lipinski definition) is 1. The van der Waals surface area contributed by atoms with Gasteiger partial charge in [-0.3, -0.25) is 0 Å². The maximum atomic E-state index is 14.0. The Morgan fingerprint density at radius 3 is 2.45 bits per heavy atom. The fourth-order valence-electron chi connectivity index (χ4n) is 2.19. The quantitative estimate of drug-likeness (QED) is 0.862. The van der Waals surface area contributed by atoms with E-state index in [1.807, 2.05) is 13.0 Å². The molecule has 0 spiro atoms. The molecule has 0 saturated carbocycles. The summed E-state index contributed by atoms with van der Waals surface area (Å²) in [5, 5.41) is 3.05. The van der Waals surface area contributed by atoms with Crippen LogP contribution in [0.5, 0.6) is 0 Å². The van der Waals surface area contributed by atoms with Crippen molar-refractivity contribution >= 4 is 15.9 Å². The van der Waals surface area contributed by atoms with Gasteiger partial charge in [-0.05, 0) is 49.7 Å². The standard InChI is InChI=1S/C16H16BrF2N/c1-10-3-6-13(15(19)7-10)16(20-2)8-11-4-5-12(17)9-14(11)18/h3-7,9,16,20H,8H2,1-2H3. The van der Waals surface area contributed by atoms with Crippen LogP contribution in [0, 0.1) is 18.6 Å². The second-order valence-corrected chi connectivity index (χ2v) is 5.72. The topological polar surface area (TPSA) is 12.0 Å². The van der Waals surface area contributed by atoms with Crippen molar-refractivity contribution in [1.29, 1.82) is 0 Å². The Hall–Kier alpha value is -1.26. The molecule has 0 radical (unpaired) electrons. The van der Waals surface area contributed by atoms with Crippen LogP contribution in [0.15, 0.2) is 40.9 Å². The monoisotopic (exact) mass is 339 g/mol. The zero-order chi connectivity index (χ0) is 14.7. The molecule has 0 aliphatic carbocycles. The van der Waals surface area contributed by atoms with E-state index in [4.69, 9.17) is 0 Å². The Bertz CT molecular complexity index is 613. The lowest BCUT2D eigenvalue weighted by atomic mass is 9.97. The predicted octanol–water partition coefficient (Wildman–Crippen LogP) is 4.54. The maximum absolute atomic E-state index is 14.0. The molecule has 0 aliphatic rings. The first kappa shape index (κ1) is 15.1. The Morgan fingerprint density at radius 2 is 1.85 bits per heavy atom. The fraction of sp³-hybridized carbons (Fsp3) is 0.250. The van der Waals surface area contributed by atoms with Gasteiger partial charge in [-0.25, -0.2) is 8.78 Å². The molecule has 1 N–H and O–H groups in total. The number of halogens is 3. The molecule has 4 heteroatoms. The molecule has 2 aromatic rings. The Labute approximate surface area is 126 Å². The van der Waals surface area contributed by atoms with Crippen molar-refractivity contribution in [2.24, 2.45) is 0 Å². The molecule has 2 rings (SSSR count). The lowest BCUT2D eigenvalue weighted by Crippen LogP contribution is -2.20. The number of benzene rings is 2. The van der Waals surface area contributed by atoms with Gasteiger partial charge >= 0.3 is 0 Å². The van der Waals surface area contributed by atoms with Gasteiger partial charge in [0.1, 0.15) is 11.6 Å². The summed E-state index contributed by atoms with van der Waals surface area (Å²) < 4.78 is 28.6. The number of rotatable bonds is 4. The molecule has 0 aromatic heterocycles. The second-order valence-electron chi connectivity index (χ2n) is 4.81. The van der Waals surface area contributed by atoms with Gasteiger partial charge in [-0.15, -0.1) is 0 Å². The highest BCUT2D eigenvalue weighted by Gasteiger charge is 2.16. The van der Waals surface area contributed by atoms with E-state index in [0.717, 1.165) is 5.56 Å².